The smallest absolute Gasteiger partial charge is 0.165 e. The Labute approximate surface area is 92.3 Å². The highest BCUT2D eigenvalue weighted by Gasteiger charge is 2.03. The van der Waals surface area contributed by atoms with E-state index < -0.39 is 0 Å². The Morgan fingerprint density at radius 3 is 3.06 bits per heavy atom. The molecule has 0 aromatic carbocycles. The van der Waals surface area contributed by atoms with Crippen molar-refractivity contribution in [1.29, 1.82) is 0 Å². The average molecular weight is 221 g/mol. The van der Waals surface area contributed by atoms with Gasteiger partial charge in [0.25, 0.3) is 0 Å². The quantitative estimate of drug-likeness (QED) is 0.837. The van der Waals surface area contributed by atoms with Gasteiger partial charge in [-0.2, -0.15) is 0 Å². The molecule has 1 N–H and O–H groups in total. The first-order valence-corrected chi connectivity index (χ1v) is 4.94. The van der Waals surface area contributed by atoms with Crippen LogP contribution < -0.4 is 5.32 Å². The number of aryl methyl sites for hydroxylation is 1. The SMILES string of the molecule is Cn1cnnc1CCNc1ncccc1F. The molecule has 0 spiro atoms. The Hall–Kier alpha value is -1.98. The summed E-state index contributed by atoms with van der Waals surface area (Å²) in [7, 11) is 1.87. The number of aromatic nitrogens is 4. The molecule has 0 saturated carbocycles. The van der Waals surface area contributed by atoms with Crippen molar-refractivity contribution in [2.75, 3.05) is 11.9 Å². The van der Waals surface area contributed by atoms with E-state index in [1.807, 2.05) is 11.6 Å². The zero-order valence-electron chi connectivity index (χ0n) is 8.89. The standard InChI is InChI=1S/C10H12FN5/c1-16-7-14-15-9(16)4-6-13-10-8(11)3-2-5-12-10/h2-3,5,7H,4,6H2,1H3,(H,12,13). The van der Waals surface area contributed by atoms with Crippen molar-refractivity contribution in [1.82, 2.24) is 19.7 Å². The van der Waals surface area contributed by atoms with Crippen LogP contribution in [0.2, 0.25) is 0 Å². The minimum absolute atomic E-state index is 0.268. The molecule has 2 rings (SSSR count). The first-order valence-electron chi connectivity index (χ1n) is 4.94. The molecule has 2 heterocycles. The van der Waals surface area contributed by atoms with E-state index in [1.54, 1.807) is 18.6 Å². The number of rotatable bonds is 4. The van der Waals surface area contributed by atoms with Gasteiger partial charge >= 0.3 is 0 Å². The van der Waals surface area contributed by atoms with Crippen LogP contribution in [0.4, 0.5) is 10.2 Å². The molecule has 84 valence electrons. The lowest BCUT2D eigenvalue weighted by molar-refractivity contribution is 0.624. The number of hydrogen-bond acceptors (Lipinski definition) is 4. The first-order chi connectivity index (χ1) is 7.77. The fourth-order valence-corrected chi connectivity index (χ4v) is 1.34. The summed E-state index contributed by atoms with van der Waals surface area (Å²) < 4.78 is 15.0. The van der Waals surface area contributed by atoms with Crippen molar-refractivity contribution >= 4 is 5.82 Å². The van der Waals surface area contributed by atoms with Gasteiger partial charge < -0.3 is 9.88 Å². The van der Waals surface area contributed by atoms with Crippen LogP contribution in [-0.2, 0) is 13.5 Å². The second-order valence-corrected chi connectivity index (χ2v) is 3.37. The second kappa shape index (κ2) is 4.69. The summed E-state index contributed by atoms with van der Waals surface area (Å²) in [6.45, 7) is 0.570. The van der Waals surface area contributed by atoms with E-state index in [4.69, 9.17) is 0 Å². The summed E-state index contributed by atoms with van der Waals surface area (Å²) in [6, 6.07) is 2.93. The normalized spacial score (nSPS) is 10.4. The minimum Gasteiger partial charge on any atom is -0.367 e. The van der Waals surface area contributed by atoms with E-state index >= 15 is 0 Å². The lowest BCUT2D eigenvalue weighted by atomic mass is 10.4. The summed E-state index contributed by atoms with van der Waals surface area (Å²) in [6.07, 6.45) is 3.86. The Bertz CT molecular complexity index is 468. The number of hydrogen-bond donors (Lipinski definition) is 1. The number of nitrogens with one attached hydrogen (secondary N) is 1. The number of nitrogens with zero attached hydrogens (tertiary/aromatic N) is 4. The van der Waals surface area contributed by atoms with Gasteiger partial charge in [0.05, 0.1) is 0 Å². The maximum absolute atomic E-state index is 13.2. The maximum Gasteiger partial charge on any atom is 0.165 e. The van der Waals surface area contributed by atoms with Crippen LogP contribution in [0.1, 0.15) is 5.82 Å². The van der Waals surface area contributed by atoms with Crippen molar-refractivity contribution in [3.05, 3.63) is 36.3 Å². The van der Waals surface area contributed by atoms with Crippen molar-refractivity contribution in [3.8, 4) is 0 Å². The molecular weight excluding hydrogens is 209 g/mol. The molecule has 0 amide bonds. The topological polar surface area (TPSA) is 55.6 Å². The molecule has 2 aromatic heterocycles. The third-order valence-electron chi connectivity index (χ3n) is 2.20. The van der Waals surface area contributed by atoms with Gasteiger partial charge in [-0.3, -0.25) is 0 Å². The lowest BCUT2D eigenvalue weighted by Crippen LogP contribution is -2.10. The van der Waals surface area contributed by atoms with Crippen LogP contribution in [-0.4, -0.2) is 26.3 Å². The maximum atomic E-state index is 13.2. The predicted octanol–water partition coefficient (Wildman–Crippen LogP) is 1.00. The number of pyridine rings is 1. The minimum atomic E-state index is -0.347. The van der Waals surface area contributed by atoms with Gasteiger partial charge in [-0.1, -0.05) is 0 Å². The summed E-state index contributed by atoms with van der Waals surface area (Å²) in [5.74, 6) is 0.772. The van der Waals surface area contributed by atoms with E-state index in [1.165, 1.54) is 6.07 Å². The van der Waals surface area contributed by atoms with E-state index in [0.29, 0.717) is 13.0 Å². The third kappa shape index (κ3) is 2.33. The molecular formula is C10H12FN5. The van der Waals surface area contributed by atoms with Crippen molar-refractivity contribution < 1.29 is 4.39 Å². The monoisotopic (exact) mass is 221 g/mol. The average Bonchev–Trinajstić information content (AvgIpc) is 2.67. The van der Waals surface area contributed by atoms with Gasteiger partial charge in [-0.05, 0) is 12.1 Å². The molecule has 0 unspecified atom stereocenters. The molecule has 0 bridgehead atoms. The molecule has 0 saturated heterocycles. The van der Waals surface area contributed by atoms with E-state index in [0.717, 1.165) is 5.82 Å². The highest BCUT2D eigenvalue weighted by Crippen LogP contribution is 2.07. The molecule has 2 aromatic rings. The van der Waals surface area contributed by atoms with Gasteiger partial charge in [0, 0.05) is 26.2 Å². The van der Waals surface area contributed by atoms with Crippen LogP contribution in [0.3, 0.4) is 0 Å². The summed E-state index contributed by atoms with van der Waals surface area (Å²) >= 11 is 0. The van der Waals surface area contributed by atoms with Crippen LogP contribution >= 0.6 is 0 Å². The summed E-state index contributed by atoms with van der Waals surface area (Å²) in [4.78, 5) is 3.89. The first kappa shape index (κ1) is 10.5. The Balaban J connectivity index is 1.89. The molecule has 16 heavy (non-hydrogen) atoms. The molecule has 6 heteroatoms. The largest absolute Gasteiger partial charge is 0.367 e. The molecule has 0 aliphatic heterocycles. The van der Waals surface area contributed by atoms with Crippen LogP contribution in [0.5, 0.6) is 0 Å². The zero-order valence-corrected chi connectivity index (χ0v) is 8.89. The van der Waals surface area contributed by atoms with Crippen molar-refractivity contribution in [2.45, 2.75) is 6.42 Å². The number of halogens is 1. The second-order valence-electron chi connectivity index (χ2n) is 3.37. The van der Waals surface area contributed by atoms with Crippen molar-refractivity contribution in [3.63, 3.8) is 0 Å². The summed E-state index contributed by atoms with van der Waals surface area (Å²) in [5, 5.41) is 10.6. The molecule has 0 aliphatic rings. The van der Waals surface area contributed by atoms with Gasteiger partial charge in [-0.25, -0.2) is 9.37 Å². The molecule has 0 radical (unpaired) electrons. The predicted molar refractivity (Wildman–Crippen MR) is 57.4 cm³/mol. The third-order valence-corrected chi connectivity index (χ3v) is 2.20. The highest BCUT2D eigenvalue weighted by atomic mass is 19.1. The summed E-state index contributed by atoms with van der Waals surface area (Å²) in [5.41, 5.74) is 0. The Morgan fingerprint density at radius 2 is 2.38 bits per heavy atom. The Morgan fingerprint density at radius 1 is 1.50 bits per heavy atom. The molecule has 5 nitrogen and oxygen atoms in total. The molecule has 0 aliphatic carbocycles. The van der Waals surface area contributed by atoms with E-state index in [2.05, 4.69) is 20.5 Å². The zero-order chi connectivity index (χ0) is 11.4. The Kier molecular flexibility index (Phi) is 3.09. The van der Waals surface area contributed by atoms with Crippen LogP contribution in [0.25, 0.3) is 0 Å². The molecule has 0 fully saturated rings. The van der Waals surface area contributed by atoms with Gasteiger partial charge in [0.15, 0.2) is 11.6 Å². The van der Waals surface area contributed by atoms with Gasteiger partial charge in [-0.15, -0.1) is 10.2 Å². The fraction of sp³-hybridized carbons (Fsp3) is 0.300. The van der Waals surface area contributed by atoms with Gasteiger partial charge in [0.1, 0.15) is 12.2 Å². The van der Waals surface area contributed by atoms with E-state index in [-0.39, 0.29) is 11.6 Å². The van der Waals surface area contributed by atoms with Crippen LogP contribution in [0, 0.1) is 5.82 Å². The van der Waals surface area contributed by atoms with Crippen molar-refractivity contribution in [2.24, 2.45) is 7.05 Å². The van der Waals surface area contributed by atoms with E-state index in [9.17, 15) is 4.39 Å². The van der Waals surface area contributed by atoms with Crippen LogP contribution in [0.15, 0.2) is 24.7 Å². The lowest BCUT2D eigenvalue weighted by Gasteiger charge is -2.05. The molecule has 0 atom stereocenters. The fourth-order valence-electron chi connectivity index (χ4n) is 1.34. The number of anilines is 1. The van der Waals surface area contributed by atoms with Gasteiger partial charge in [0.2, 0.25) is 0 Å². The highest BCUT2D eigenvalue weighted by molar-refractivity contribution is 5.35.